The highest BCUT2D eigenvalue weighted by Gasteiger charge is 2.37. The van der Waals surface area contributed by atoms with Crippen LogP contribution in [0.1, 0.15) is 30.1 Å². The molecule has 0 bridgehead atoms. The first-order valence-corrected chi connectivity index (χ1v) is 10.3. The molecule has 1 aromatic heterocycles. The Bertz CT molecular complexity index is 1220. The van der Waals surface area contributed by atoms with Gasteiger partial charge in [-0.1, -0.05) is 23.7 Å². The van der Waals surface area contributed by atoms with Gasteiger partial charge in [0.2, 0.25) is 0 Å². The average molecular weight is 475 g/mol. The van der Waals surface area contributed by atoms with E-state index in [0.29, 0.717) is 16.3 Å². The van der Waals surface area contributed by atoms with Gasteiger partial charge in [-0.05, 0) is 46.7 Å². The number of hydrogen-bond donors (Lipinski definition) is 1. The third-order valence-electron chi connectivity index (χ3n) is 5.22. The van der Waals surface area contributed by atoms with Gasteiger partial charge in [0.05, 0.1) is 5.69 Å². The number of carbonyl (C=O) groups excluding carboxylic acids is 2. The summed E-state index contributed by atoms with van der Waals surface area (Å²) in [5.74, 6) is -3.88. The van der Waals surface area contributed by atoms with Gasteiger partial charge >= 0.3 is 0 Å². The number of aliphatic hydroxyl groups is 1. The molecule has 1 aliphatic rings. The molecule has 33 heavy (non-hydrogen) atoms. The molecule has 1 unspecified atom stereocenters. The quantitative estimate of drug-likeness (QED) is 0.562. The fourth-order valence-corrected chi connectivity index (χ4v) is 3.75. The molecule has 2 heterocycles. The number of nitrogens with zero attached hydrogens (tertiary/aromatic N) is 6. The van der Waals surface area contributed by atoms with E-state index >= 15 is 0 Å². The van der Waals surface area contributed by atoms with Gasteiger partial charge in [0.25, 0.3) is 5.91 Å². The molecule has 4 rings (SSSR count). The molecule has 1 aliphatic heterocycles. The van der Waals surface area contributed by atoms with Crippen molar-refractivity contribution in [2.24, 2.45) is 5.10 Å². The Morgan fingerprint density at radius 1 is 1.24 bits per heavy atom. The maximum absolute atomic E-state index is 14.0. The number of aryl methyl sites for hydroxylation is 1. The van der Waals surface area contributed by atoms with E-state index in [2.05, 4.69) is 20.6 Å². The van der Waals surface area contributed by atoms with Crippen molar-refractivity contribution in [1.29, 1.82) is 0 Å². The van der Waals surface area contributed by atoms with Crippen molar-refractivity contribution >= 4 is 29.5 Å². The SMILES string of the molecule is O=C(CCc1cc(Cl)ccc1-n1cnnn1)[C@@H]1CC=NN1C(=O)C(O)c1cccc(F)c1F. The predicted octanol–water partition coefficient (Wildman–Crippen LogP) is 2.42. The zero-order chi connectivity index (χ0) is 23.5. The van der Waals surface area contributed by atoms with Crippen LogP contribution in [0, 0.1) is 11.6 Å². The zero-order valence-electron chi connectivity index (χ0n) is 17.0. The first-order valence-electron chi connectivity index (χ1n) is 9.89. The van der Waals surface area contributed by atoms with Gasteiger partial charge in [-0.15, -0.1) is 5.10 Å². The van der Waals surface area contributed by atoms with E-state index < -0.39 is 35.3 Å². The van der Waals surface area contributed by atoms with E-state index in [1.807, 2.05) is 0 Å². The van der Waals surface area contributed by atoms with Crippen molar-refractivity contribution in [2.45, 2.75) is 31.4 Å². The van der Waals surface area contributed by atoms with Crippen molar-refractivity contribution in [1.82, 2.24) is 25.2 Å². The summed E-state index contributed by atoms with van der Waals surface area (Å²) < 4.78 is 28.9. The molecule has 0 saturated carbocycles. The van der Waals surface area contributed by atoms with Crippen LogP contribution < -0.4 is 0 Å². The number of aromatic nitrogens is 4. The Morgan fingerprint density at radius 2 is 2.06 bits per heavy atom. The molecule has 0 spiro atoms. The Morgan fingerprint density at radius 3 is 2.82 bits per heavy atom. The number of Topliss-reactive ketones (excluding diaryl/α,β-unsaturated/α-hetero) is 1. The second-order valence-electron chi connectivity index (χ2n) is 7.27. The lowest BCUT2D eigenvalue weighted by molar-refractivity contribution is -0.146. The lowest BCUT2D eigenvalue weighted by atomic mass is 10.00. The number of ketones is 1. The molecule has 0 fully saturated rings. The summed E-state index contributed by atoms with van der Waals surface area (Å²) in [4.78, 5) is 25.7. The van der Waals surface area contributed by atoms with Crippen LogP contribution in [0.3, 0.4) is 0 Å². The maximum Gasteiger partial charge on any atom is 0.276 e. The molecule has 2 aromatic carbocycles. The molecule has 9 nitrogen and oxygen atoms in total. The molecular formula is C21H17ClF2N6O3. The molecule has 3 aromatic rings. The van der Waals surface area contributed by atoms with Crippen molar-refractivity contribution in [3.8, 4) is 5.69 Å². The molecule has 2 atom stereocenters. The summed E-state index contributed by atoms with van der Waals surface area (Å²) >= 11 is 6.10. The maximum atomic E-state index is 14.0. The monoisotopic (exact) mass is 474 g/mol. The van der Waals surface area contributed by atoms with Crippen LogP contribution in [0.4, 0.5) is 8.78 Å². The molecule has 0 saturated heterocycles. The summed E-state index contributed by atoms with van der Waals surface area (Å²) in [6, 6.07) is 7.25. The number of amides is 1. The number of hydrazone groups is 1. The van der Waals surface area contributed by atoms with Crippen molar-refractivity contribution in [3.63, 3.8) is 0 Å². The van der Waals surface area contributed by atoms with E-state index in [-0.39, 0.29) is 25.0 Å². The molecule has 0 aliphatic carbocycles. The summed E-state index contributed by atoms with van der Waals surface area (Å²) in [7, 11) is 0. The number of tetrazole rings is 1. The van der Waals surface area contributed by atoms with Crippen LogP contribution in [0.25, 0.3) is 5.69 Å². The van der Waals surface area contributed by atoms with Crippen molar-refractivity contribution < 1.29 is 23.5 Å². The lowest BCUT2D eigenvalue weighted by Gasteiger charge is -2.23. The molecule has 12 heteroatoms. The highest BCUT2D eigenvalue weighted by atomic mass is 35.5. The van der Waals surface area contributed by atoms with Gasteiger partial charge in [0, 0.05) is 29.6 Å². The minimum Gasteiger partial charge on any atom is -0.378 e. The lowest BCUT2D eigenvalue weighted by Crippen LogP contribution is -2.41. The van der Waals surface area contributed by atoms with E-state index in [1.54, 1.807) is 18.2 Å². The summed E-state index contributed by atoms with van der Waals surface area (Å²) in [5.41, 5.74) is 0.824. The molecular weight excluding hydrogens is 458 g/mol. The Hall–Kier alpha value is -3.57. The van der Waals surface area contributed by atoms with Gasteiger partial charge in [-0.25, -0.2) is 18.5 Å². The summed E-state index contributed by atoms with van der Waals surface area (Å²) in [6.07, 6.45) is 1.20. The Kier molecular flexibility index (Phi) is 6.52. The zero-order valence-corrected chi connectivity index (χ0v) is 17.7. The number of carbonyl (C=O) groups is 2. The molecule has 0 radical (unpaired) electrons. The highest BCUT2D eigenvalue weighted by molar-refractivity contribution is 6.30. The Balaban J connectivity index is 1.48. The second kappa shape index (κ2) is 9.51. The second-order valence-corrected chi connectivity index (χ2v) is 7.71. The number of hydrogen-bond acceptors (Lipinski definition) is 7. The first-order chi connectivity index (χ1) is 15.9. The number of halogens is 3. The highest BCUT2D eigenvalue weighted by Crippen LogP contribution is 2.26. The van der Waals surface area contributed by atoms with Crippen LogP contribution >= 0.6 is 11.6 Å². The third-order valence-corrected chi connectivity index (χ3v) is 5.45. The van der Waals surface area contributed by atoms with E-state index in [9.17, 15) is 23.5 Å². The van der Waals surface area contributed by atoms with Crippen molar-refractivity contribution in [3.05, 3.63) is 70.5 Å². The van der Waals surface area contributed by atoms with E-state index in [1.165, 1.54) is 23.3 Å². The number of rotatable bonds is 7. The van der Waals surface area contributed by atoms with Gasteiger partial charge in [0.15, 0.2) is 23.5 Å². The topological polar surface area (TPSA) is 114 Å². The van der Waals surface area contributed by atoms with Crippen LogP contribution in [0.2, 0.25) is 5.02 Å². The molecule has 1 N–H and O–H groups in total. The summed E-state index contributed by atoms with van der Waals surface area (Å²) in [6.45, 7) is 0. The fourth-order valence-electron chi connectivity index (χ4n) is 3.56. The van der Waals surface area contributed by atoms with Crippen LogP contribution in [0.5, 0.6) is 0 Å². The normalized spacial score (nSPS) is 16.2. The smallest absolute Gasteiger partial charge is 0.276 e. The first kappa shape index (κ1) is 22.6. The van der Waals surface area contributed by atoms with Crippen LogP contribution in [-0.4, -0.2) is 54.3 Å². The van der Waals surface area contributed by atoms with Crippen molar-refractivity contribution in [2.75, 3.05) is 0 Å². The Labute approximate surface area is 191 Å². The predicted molar refractivity (Wildman–Crippen MR) is 113 cm³/mol. The van der Waals surface area contributed by atoms with Gasteiger partial charge in [-0.2, -0.15) is 5.10 Å². The average Bonchev–Trinajstić information content (AvgIpc) is 3.51. The van der Waals surface area contributed by atoms with E-state index in [0.717, 1.165) is 17.1 Å². The summed E-state index contributed by atoms with van der Waals surface area (Å²) in [5, 5.41) is 26.5. The third kappa shape index (κ3) is 4.64. The number of aliphatic hydroxyl groups excluding tert-OH is 1. The minimum atomic E-state index is -2.01. The minimum absolute atomic E-state index is 0.0255. The van der Waals surface area contributed by atoms with Crippen LogP contribution in [0.15, 0.2) is 47.8 Å². The standard InChI is InChI=1S/C21H17ClF2N6O3/c22-13-5-6-16(29-11-25-27-28-29)12(10-13)4-7-18(31)17-8-9-26-30(17)21(33)20(32)14-2-1-3-15(23)19(14)24/h1-3,5-6,9-11,17,20,32H,4,7-8H2/t17-,20?/m0/s1. The molecule has 170 valence electrons. The largest absolute Gasteiger partial charge is 0.378 e. The van der Waals surface area contributed by atoms with E-state index in [4.69, 9.17) is 11.6 Å². The fraction of sp³-hybridized carbons (Fsp3) is 0.238. The molecule has 1 amide bonds. The van der Waals surface area contributed by atoms with Gasteiger partial charge in [-0.3, -0.25) is 9.59 Å². The van der Waals surface area contributed by atoms with Crippen LogP contribution in [-0.2, 0) is 16.0 Å². The van der Waals surface area contributed by atoms with Gasteiger partial charge in [0.1, 0.15) is 12.4 Å². The number of benzene rings is 2. The van der Waals surface area contributed by atoms with Gasteiger partial charge < -0.3 is 5.11 Å².